The number of carbonyl (C=O) groups excluding carboxylic acids is 2. The number of likely N-dealkylation sites (tertiary alicyclic amines) is 1. The molecule has 2 saturated heterocycles. The standard InChI is InChI=1S/C28H29N7O2/c1-19-8-10-20(11-9-19)32-24-22-16-23(33(2)25(22)30-17-29-24)26(36)34-14-12-28(13-15-34)27(37)31-18-35(28)21-6-4-3-5-7-21/h3-11,16-17H,12-15,18H2,1-2H3,(H,31,37)(H,29,30,32). The predicted molar refractivity (Wildman–Crippen MR) is 143 cm³/mol. The summed E-state index contributed by atoms with van der Waals surface area (Å²) in [7, 11) is 1.85. The molecule has 0 aliphatic carbocycles. The molecule has 2 aromatic heterocycles. The van der Waals surface area contributed by atoms with Crippen LogP contribution in [0.3, 0.4) is 0 Å². The van der Waals surface area contributed by atoms with E-state index in [-0.39, 0.29) is 11.8 Å². The first-order chi connectivity index (χ1) is 18.0. The van der Waals surface area contributed by atoms with Gasteiger partial charge in [-0.05, 0) is 50.1 Å². The van der Waals surface area contributed by atoms with E-state index in [1.165, 1.54) is 11.9 Å². The van der Waals surface area contributed by atoms with E-state index in [0.29, 0.717) is 49.8 Å². The van der Waals surface area contributed by atoms with E-state index >= 15 is 0 Å². The number of hydrogen-bond donors (Lipinski definition) is 2. The Morgan fingerprint density at radius 1 is 1.03 bits per heavy atom. The summed E-state index contributed by atoms with van der Waals surface area (Å²) in [5, 5.41) is 7.15. The summed E-state index contributed by atoms with van der Waals surface area (Å²) in [6, 6.07) is 19.9. The van der Waals surface area contributed by atoms with Gasteiger partial charge in [0.2, 0.25) is 5.91 Å². The van der Waals surface area contributed by atoms with Gasteiger partial charge in [0, 0.05) is 31.5 Å². The average molecular weight is 496 g/mol. The molecule has 9 nitrogen and oxygen atoms in total. The molecular formula is C28H29N7O2. The smallest absolute Gasteiger partial charge is 0.270 e. The number of anilines is 3. The van der Waals surface area contributed by atoms with Crippen LogP contribution in [0.25, 0.3) is 11.0 Å². The molecule has 2 N–H and O–H groups in total. The second-order valence-electron chi connectivity index (χ2n) is 9.79. The first-order valence-electron chi connectivity index (χ1n) is 12.5. The van der Waals surface area contributed by atoms with E-state index in [2.05, 4.69) is 25.5 Å². The molecule has 4 heterocycles. The van der Waals surface area contributed by atoms with Gasteiger partial charge < -0.3 is 25.0 Å². The van der Waals surface area contributed by atoms with Gasteiger partial charge in [-0.25, -0.2) is 9.97 Å². The van der Waals surface area contributed by atoms with Crippen LogP contribution in [0.5, 0.6) is 0 Å². The Balaban J connectivity index is 1.24. The third kappa shape index (κ3) is 3.87. The number of hydrogen-bond acceptors (Lipinski definition) is 6. The van der Waals surface area contributed by atoms with Gasteiger partial charge in [0.15, 0.2) is 0 Å². The lowest BCUT2D eigenvalue weighted by atomic mass is 9.85. The third-order valence-corrected chi connectivity index (χ3v) is 7.64. The molecule has 0 atom stereocenters. The Bertz CT molecular complexity index is 1470. The lowest BCUT2D eigenvalue weighted by Crippen LogP contribution is -2.57. The maximum Gasteiger partial charge on any atom is 0.270 e. The maximum atomic E-state index is 13.7. The zero-order chi connectivity index (χ0) is 25.6. The molecular weight excluding hydrogens is 466 g/mol. The number of nitrogens with one attached hydrogen (secondary N) is 2. The van der Waals surface area contributed by atoms with Crippen LogP contribution in [0.1, 0.15) is 28.9 Å². The number of benzene rings is 2. The van der Waals surface area contributed by atoms with Crippen LogP contribution in [0, 0.1) is 6.92 Å². The quantitative estimate of drug-likeness (QED) is 0.449. The van der Waals surface area contributed by atoms with E-state index in [4.69, 9.17) is 0 Å². The molecule has 2 aliphatic rings. The first kappa shape index (κ1) is 23.0. The highest BCUT2D eigenvalue weighted by Crippen LogP contribution is 2.37. The molecule has 0 radical (unpaired) electrons. The fourth-order valence-electron chi connectivity index (χ4n) is 5.49. The summed E-state index contributed by atoms with van der Waals surface area (Å²) >= 11 is 0. The van der Waals surface area contributed by atoms with E-state index in [0.717, 1.165) is 16.8 Å². The lowest BCUT2D eigenvalue weighted by Gasteiger charge is -2.43. The van der Waals surface area contributed by atoms with Gasteiger partial charge in [-0.15, -0.1) is 0 Å². The summed E-state index contributed by atoms with van der Waals surface area (Å²) in [5.41, 5.74) is 3.72. The maximum absolute atomic E-state index is 13.7. The van der Waals surface area contributed by atoms with Crippen LogP contribution in [0.2, 0.25) is 0 Å². The van der Waals surface area contributed by atoms with Crippen LogP contribution in [-0.4, -0.2) is 56.5 Å². The zero-order valence-electron chi connectivity index (χ0n) is 20.9. The van der Waals surface area contributed by atoms with Crippen molar-refractivity contribution in [1.82, 2.24) is 24.8 Å². The second kappa shape index (κ2) is 8.92. The van der Waals surface area contributed by atoms with Gasteiger partial charge in [0.25, 0.3) is 5.91 Å². The molecule has 2 amide bonds. The summed E-state index contributed by atoms with van der Waals surface area (Å²) in [5.74, 6) is 0.624. The number of rotatable bonds is 4. The van der Waals surface area contributed by atoms with E-state index in [9.17, 15) is 9.59 Å². The Kier molecular flexibility index (Phi) is 5.55. The van der Waals surface area contributed by atoms with Gasteiger partial charge >= 0.3 is 0 Å². The molecule has 2 fully saturated rings. The average Bonchev–Trinajstić information content (AvgIpc) is 3.43. The summed E-state index contributed by atoms with van der Waals surface area (Å²) in [4.78, 5) is 39.5. The number of fused-ring (bicyclic) bond motifs is 1. The summed E-state index contributed by atoms with van der Waals surface area (Å²) < 4.78 is 1.82. The number of aromatic nitrogens is 3. The van der Waals surface area contributed by atoms with Crippen LogP contribution >= 0.6 is 0 Å². The van der Waals surface area contributed by atoms with E-state index < -0.39 is 5.54 Å². The van der Waals surface area contributed by atoms with Gasteiger partial charge in [-0.2, -0.15) is 0 Å². The number of piperidine rings is 1. The molecule has 2 aliphatic heterocycles. The first-order valence-corrected chi connectivity index (χ1v) is 12.5. The Morgan fingerprint density at radius 3 is 2.49 bits per heavy atom. The van der Waals surface area contributed by atoms with Gasteiger partial charge in [-0.1, -0.05) is 35.9 Å². The number of para-hydroxylation sites is 1. The van der Waals surface area contributed by atoms with Gasteiger partial charge in [0.05, 0.1) is 12.1 Å². The molecule has 188 valence electrons. The molecule has 0 bridgehead atoms. The van der Waals surface area contributed by atoms with Crippen molar-refractivity contribution in [3.05, 3.63) is 78.2 Å². The van der Waals surface area contributed by atoms with Crippen LogP contribution in [0.15, 0.2) is 67.0 Å². The van der Waals surface area contributed by atoms with Crippen LogP contribution < -0.4 is 15.5 Å². The highest BCUT2D eigenvalue weighted by atomic mass is 16.2. The van der Waals surface area contributed by atoms with Crippen molar-refractivity contribution in [2.75, 3.05) is 30.0 Å². The Hall–Kier alpha value is -4.40. The minimum absolute atomic E-state index is 0.0372. The van der Waals surface area contributed by atoms with Crippen molar-refractivity contribution in [3.63, 3.8) is 0 Å². The summed E-state index contributed by atoms with van der Waals surface area (Å²) in [6.07, 6.45) is 2.65. The Morgan fingerprint density at radius 2 is 1.76 bits per heavy atom. The van der Waals surface area contributed by atoms with Crippen molar-refractivity contribution in [3.8, 4) is 0 Å². The lowest BCUT2D eigenvalue weighted by molar-refractivity contribution is -0.124. The van der Waals surface area contributed by atoms with Crippen molar-refractivity contribution in [2.24, 2.45) is 7.05 Å². The molecule has 37 heavy (non-hydrogen) atoms. The highest BCUT2D eigenvalue weighted by Gasteiger charge is 2.51. The zero-order valence-corrected chi connectivity index (χ0v) is 20.9. The minimum Gasteiger partial charge on any atom is -0.340 e. The third-order valence-electron chi connectivity index (χ3n) is 7.64. The van der Waals surface area contributed by atoms with Crippen molar-refractivity contribution >= 4 is 40.0 Å². The van der Waals surface area contributed by atoms with E-state index in [1.54, 1.807) is 0 Å². The summed E-state index contributed by atoms with van der Waals surface area (Å²) in [6.45, 7) is 3.52. The van der Waals surface area contributed by atoms with Crippen LogP contribution in [-0.2, 0) is 11.8 Å². The van der Waals surface area contributed by atoms with Gasteiger partial charge in [0.1, 0.15) is 29.0 Å². The second-order valence-corrected chi connectivity index (χ2v) is 9.79. The highest BCUT2D eigenvalue weighted by molar-refractivity contribution is 6.01. The monoisotopic (exact) mass is 495 g/mol. The molecule has 9 heteroatoms. The van der Waals surface area contributed by atoms with Crippen molar-refractivity contribution < 1.29 is 9.59 Å². The van der Waals surface area contributed by atoms with Gasteiger partial charge in [-0.3, -0.25) is 9.59 Å². The number of aryl methyl sites for hydroxylation is 2. The minimum atomic E-state index is -0.631. The largest absolute Gasteiger partial charge is 0.340 e. The SMILES string of the molecule is Cc1ccc(Nc2ncnc3c2cc(C(=O)N2CCC4(CC2)C(=O)NCN4c2ccccc2)n3C)cc1. The van der Waals surface area contributed by atoms with Crippen molar-refractivity contribution in [1.29, 1.82) is 0 Å². The fraction of sp³-hybridized carbons (Fsp3) is 0.286. The number of amides is 2. The fourth-order valence-corrected chi connectivity index (χ4v) is 5.49. The van der Waals surface area contributed by atoms with Crippen molar-refractivity contribution in [2.45, 2.75) is 25.3 Å². The molecule has 6 rings (SSSR count). The Labute approximate surface area is 215 Å². The number of carbonyl (C=O) groups is 2. The molecule has 2 aromatic carbocycles. The molecule has 0 unspecified atom stereocenters. The molecule has 1 spiro atoms. The van der Waals surface area contributed by atoms with Crippen LogP contribution in [0.4, 0.5) is 17.2 Å². The topological polar surface area (TPSA) is 95.4 Å². The van der Waals surface area contributed by atoms with E-state index in [1.807, 2.05) is 84.1 Å². The number of nitrogens with zero attached hydrogens (tertiary/aromatic N) is 5. The predicted octanol–water partition coefficient (Wildman–Crippen LogP) is 3.59. The normalized spacial score (nSPS) is 16.9. The molecule has 0 saturated carbocycles. The molecule has 4 aromatic rings.